The first kappa shape index (κ1) is 12.2. The third kappa shape index (κ3) is 2.70. The van der Waals surface area contributed by atoms with Gasteiger partial charge in [0.1, 0.15) is 0 Å². The molecule has 5 heteroatoms. The molecule has 0 spiro atoms. The van der Waals surface area contributed by atoms with Crippen LogP contribution >= 0.6 is 11.6 Å². The number of aliphatic hydroxyl groups excluding tert-OH is 1. The molecule has 0 bridgehead atoms. The average Bonchev–Trinajstić information content (AvgIpc) is 3.13. The Morgan fingerprint density at radius 2 is 2.24 bits per heavy atom. The molecule has 0 radical (unpaired) electrons. The predicted molar refractivity (Wildman–Crippen MR) is 67.0 cm³/mol. The molecule has 1 aromatic carbocycles. The van der Waals surface area contributed by atoms with Crippen molar-refractivity contribution in [1.29, 1.82) is 0 Å². The van der Waals surface area contributed by atoms with E-state index in [-0.39, 0.29) is 18.6 Å². The van der Waals surface area contributed by atoms with E-state index in [1.165, 1.54) is 0 Å². The van der Waals surface area contributed by atoms with Crippen molar-refractivity contribution in [2.24, 2.45) is 0 Å². The fourth-order valence-corrected chi connectivity index (χ4v) is 1.95. The highest BCUT2D eigenvalue weighted by Gasteiger charge is 2.32. The molecule has 1 fully saturated rings. The number of carbonyl (C=O) groups is 1. The maximum Gasteiger partial charge on any atom is 0.254 e. The monoisotopic (exact) mass is 254 g/mol. The quantitative estimate of drug-likeness (QED) is 0.801. The maximum absolute atomic E-state index is 12.2. The van der Waals surface area contributed by atoms with Crippen molar-refractivity contribution in [2.45, 2.75) is 18.9 Å². The maximum atomic E-state index is 12.2. The number of hydrogen-bond acceptors (Lipinski definition) is 3. The highest BCUT2D eigenvalue weighted by molar-refractivity contribution is 6.33. The minimum atomic E-state index is -0.0940. The minimum Gasteiger partial charge on any atom is -0.398 e. The smallest absolute Gasteiger partial charge is 0.254 e. The van der Waals surface area contributed by atoms with Crippen molar-refractivity contribution in [2.75, 3.05) is 18.9 Å². The van der Waals surface area contributed by atoms with Gasteiger partial charge >= 0.3 is 0 Å². The van der Waals surface area contributed by atoms with Gasteiger partial charge in [0.2, 0.25) is 0 Å². The van der Waals surface area contributed by atoms with Gasteiger partial charge in [-0.05, 0) is 31.0 Å². The van der Waals surface area contributed by atoms with E-state index in [4.69, 9.17) is 22.4 Å². The van der Waals surface area contributed by atoms with E-state index in [0.717, 1.165) is 12.8 Å². The van der Waals surface area contributed by atoms with Crippen LogP contribution in [-0.2, 0) is 0 Å². The summed E-state index contributed by atoms with van der Waals surface area (Å²) in [6.07, 6.45) is 2.02. The van der Waals surface area contributed by atoms with Gasteiger partial charge in [-0.15, -0.1) is 0 Å². The van der Waals surface area contributed by atoms with E-state index in [1.54, 1.807) is 23.1 Å². The molecule has 17 heavy (non-hydrogen) atoms. The normalized spacial score (nSPS) is 14.7. The number of rotatable bonds is 4. The molecule has 2 rings (SSSR count). The summed E-state index contributed by atoms with van der Waals surface area (Å²) in [7, 11) is 0. The number of nitrogens with two attached hydrogens (primary N) is 1. The van der Waals surface area contributed by atoms with Gasteiger partial charge in [-0.1, -0.05) is 11.6 Å². The molecule has 1 aliphatic rings. The highest BCUT2D eigenvalue weighted by Crippen LogP contribution is 2.29. The van der Waals surface area contributed by atoms with Gasteiger partial charge in [0.25, 0.3) is 5.91 Å². The molecule has 92 valence electrons. The number of carbonyl (C=O) groups excluding carboxylic acids is 1. The van der Waals surface area contributed by atoms with Crippen molar-refractivity contribution in [3.63, 3.8) is 0 Å². The lowest BCUT2D eigenvalue weighted by Crippen LogP contribution is -2.35. The summed E-state index contributed by atoms with van der Waals surface area (Å²) in [5.41, 5.74) is 6.58. The summed E-state index contributed by atoms with van der Waals surface area (Å²) in [4.78, 5) is 13.9. The molecular weight excluding hydrogens is 240 g/mol. The third-order valence-corrected chi connectivity index (χ3v) is 3.16. The number of aliphatic hydroxyl groups is 1. The number of halogens is 1. The lowest BCUT2D eigenvalue weighted by molar-refractivity contribution is 0.0707. The minimum absolute atomic E-state index is 0.0229. The van der Waals surface area contributed by atoms with Crippen molar-refractivity contribution in [3.8, 4) is 0 Å². The first-order valence-electron chi connectivity index (χ1n) is 5.60. The lowest BCUT2D eigenvalue weighted by Gasteiger charge is -2.21. The summed E-state index contributed by atoms with van der Waals surface area (Å²) in [5, 5.41) is 9.35. The molecule has 0 unspecified atom stereocenters. The summed E-state index contributed by atoms with van der Waals surface area (Å²) in [6.45, 7) is 0.344. The van der Waals surface area contributed by atoms with E-state index < -0.39 is 0 Å². The van der Waals surface area contributed by atoms with Gasteiger partial charge < -0.3 is 15.7 Å². The van der Waals surface area contributed by atoms with Gasteiger partial charge in [-0.3, -0.25) is 4.79 Å². The molecule has 0 atom stereocenters. The fourth-order valence-electron chi connectivity index (χ4n) is 1.77. The van der Waals surface area contributed by atoms with Crippen molar-refractivity contribution < 1.29 is 9.90 Å². The molecule has 1 amide bonds. The molecule has 0 saturated heterocycles. The number of nitrogen functional groups attached to an aromatic ring is 1. The zero-order chi connectivity index (χ0) is 12.4. The number of hydrogen-bond donors (Lipinski definition) is 2. The van der Waals surface area contributed by atoms with E-state index in [2.05, 4.69) is 0 Å². The van der Waals surface area contributed by atoms with E-state index in [9.17, 15) is 4.79 Å². The Kier molecular flexibility index (Phi) is 3.54. The van der Waals surface area contributed by atoms with Gasteiger partial charge in [-0.2, -0.15) is 0 Å². The molecule has 0 aromatic heterocycles. The predicted octanol–water partition coefficient (Wildman–Crippen LogP) is 1.52. The fraction of sp³-hybridized carbons (Fsp3) is 0.417. The average molecular weight is 255 g/mol. The summed E-state index contributed by atoms with van der Waals surface area (Å²) in [5.74, 6) is -0.0940. The molecular formula is C12H15ClN2O2. The Balaban J connectivity index is 2.19. The second-order valence-corrected chi connectivity index (χ2v) is 4.60. The van der Waals surface area contributed by atoms with Crippen LogP contribution in [0.15, 0.2) is 18.2 Å². The van der Waals surface area contributed by atoms with Gasteiger partial charge in [-0.25, -0.2) is 0 Å². The highest BCUT2D eigenvalue weighted by atomic mass is 35.5. The van der Waals surface area contributed by atoms with Gasteiger partial charge in [0.05, 0.1) is 17.3 Å². The van der Waals surface area contributed by atoms with Crippen molar-refractivity contribution in [3.05, 3.63) is 28.8 Å². The molecule has 3 N–H and O–H groups in total. The van der Waals surface area contributed by atoms with Crippen LogP contribution in [0.4, 0.5) is 5.69 Å². The van der Waals surface area contributed by atoms with Crippen LogP contribution in [-0.4, -0.2) is 35.1 Å². The number of amides is 1. The molecule has 1 aliphatic carbocycles. The van der Waals surface area contributed by atoms with Crippen LogP contribution < -0.4 is 5.73 Å². The Labute approximate surface area is 105 Å². The van der Waals surface area contributed by atoms with Crippen LogP contribution in [0.3, 0.4) is 0 Å². The molecule has 1 aromatic rings. The topological polar surface area (TPSA) is 66.6 Å². The SMILES string of the molecule is Nc1ccc(C(=O)N(CCO)C2CC2)cc1Cl. The molecule has 1 saturated carbocycles. The Morgan fingerprint density at radius 3 is 2.76 bits per heavy atom. The Bertz CT molecular complexity index is 433. The van der Waals surface area contributed by atoms with Crippen molar-refractivity contribution in [1.82, 2.24) is 4.90 Å². The van der Waals surface area contributed by atoms with Crippen LogP contribution in [0.1, 0.15) is 23.2 Å². The second-order valence-electron chi connectivity index (χ2n) is 4.19. The zero-order valence-corrected chi connectivity index (χ0v) is 10.2. The Morgan fingerprint density at radius 1 is 1.53 bits per heavy atom. The number of anilines is 1. The van der Waals surface area contributed by atoms with Crippen LogP contribution in [0.5, 0.6) is 0 Å². The number of nitrogens with zero attached hydrogens (tertiary/aromatic N) is 1. The molecule has 0 aliphatic heterocycles. The Hall–Kier alpha value is -1.26. The first-order chi connectivity index (χ1) is 8.13. The van der Waals surface area contributed by atoms with E-state index in [0.29, 0.717) is 22.8 Å². The summed E-state index contributed by atoms with van der Waals surface area (Å²) in [6, 6.07) is 5.13. The number of benzene rings is 1. The van der Waals surface area contributed by atoms with E-state index >= 15 is 0 Å². The second kappa shape index (κ2) is 4.94. The van der Waals surface area contributed by atoms with Crippen LogP contribution in [0.25, 0.3) is 0 Å². The standard InChI is InChI=1S/C12H15ClN2O2/c13-10-7-8(1-4-11(10)14)12(17)15(5-6-16)9-2-3-9/h1,4,7,9,16H,2-3,5-6,14H2. The van der Waals surface area contributed by atoms with Gasteiger partial charge in [0.15, 0.2) is 0 Å². The first-order valence-corrected chi connectivity index (χ1v) is 5.98. The van der Waals surface area contributed by atoms with Crippen LogP contribution in [0, 0.1) is 0 Å². The summed E-state index contributed by atoms with van der Waals surface area (Å²) < 4.78 is 0. The largest absolute Gasteiger partial charge is 0.398 e. The molecule has 0 heterocycles. The summed E-state index contributed by atoms with van der Waals surface area (Å²) >= 11 is 5.89. The van der Waals surface area contributed by atoms with Crippen molar-refractivity contribution >= 4 is 23.2 Å². The zero-order valence-electron chi connectivity index (χ0n) is 9.40. The third-order valence-electron chi connectivity index (χ3n) is 2.84. The lowest BCUT2D eigenvalue weighted by atomic mass is 10.1. The van der Waals surface area contributed by atoms with Crippen LogP contribution in [0.2, 0.25) is 5.02 Å². The molecule has 4 nitrogen and oxygen atoms in total. The van der Waals surface area contributed by atoms with Gasteiger partial charge in [0, 0.05) is 18.2 Å². The van der Waals surface area contributed by atoms with E-state index in [1.807, 2.05) is 0 Å².